The number of nitrogens with one attached hydrogen (secondary N) is 2. The van der Waals surface area contributed by atoms with Crippen LogP contribution in [0.1, 0.15) is 33.1 Å². The van der Waals surface area contributed by atoms with Gasteiger partial charge >= 0.3 is 11.8 Å². The molecule has 2 rings (SSSR count). The van der Waals surface area contributed by atoms with E-state index >= 15 is 0 Å². The summed E-state index contributed by atoms with van der Waals surface area (Å²) >= 11 is 0. The first-order chi connectivity index (χ1) is 12.1. The molecule has 0 spiro atoms. The molecule has 1 saturated heterocycles. The summed E-state index contributed by atoms with van der Waals surface area (Å²) in [6, 6.07) is 3.33. The van der Waals surface area contributed by atoms with Crippen LogP contribution in [0.15, 0.2) is 18.3 Å². The summed E-state index contributed by atoms with van der Waals surface area (Å²) in [4.78, 5) is 30.5. The van der Waals surface area contributed by atoms with Crippen LogP contribution in [0.4, 0.5) is 5.69 Å². The molecule has 0 aliphatic carbocycles. The first-order valence-electron chi connectivity index (χ1n) is 8.99. The predicted octanol–water partition coefficient (Wildman–Crippen LogP) is 1.66. The molecule has 0 saturated carbocycles. The molecule has 0 radical (unpaired) electrons. The fraction of sp³-hybridized carbons (Fsp3) is 0.611. The Hall–Kier alpha value is -2.15. The van der Waals surface area contributed by atoms with Crippen LogP contribution in [0.25, 0.3) is 0 Å². The van der Waals surface area contributed by atoms with Crippen molar-refractivity contribution >= 4 is 17.5 Å². The molecule has 1 aromatic heterocycles. The summed E-state index contributed by atoms with van der Waals surface area (Å²) < 4.78 is 5.34. The molecule has 1 aliphatic rings. The highest BCUT2D eigenvalue weighted by Crippen LogP contribution is 2.20. The molecule has 25 heavy (non-hydrogen) atoms. The van der Waals surface area contributed by atoms with E-state index in [0.717, 1.165) is 19.6 Å². The van der Waals surface area contributed by atoms with Crippen LogP contribution in [0.3, 0.4) is 0 Å². The van der Waals surface area contributed by atoms with E-state index in [4.69, 9.17) is 4.74 Å². The van der Waals surface area contributed by atoms with Gasteiger partial charge in [-0.05, 0) is 50.9 Å². The first-order valence-corrected chi connectivity index (χ1v) is 8.99. The molecule has 1 fully saturated rings. The second-order valence-electron chi connectivity index (χ2n) is 6.42. The highest BCUT2D eigenvalue weighted by Gasteiger charge is 2.18. The van der Waals surface area contributed by atoms with E-state index < -0.39 is 11.8 Å². The molecule has 2 heterocycles. The SMILES string of the molecule is CCOc1ncccc1NC(=O)C(=O)NC[C@H](C)CN1CCCCC1. The van der Waals surface area contributed by atoms with Crippen molar-refractivity contribution in [1.29, 1.82) is 0 Å². The lowest BCUT2D eigenvalue weighted by Gasteiger charge is -2.29. The number of anilines is 1. The number of carbonyl (C=O) groups is 2. The molecular formula is C18H28N4O3. The van der Waals surface area contributed by atoms with Crippen LogP contribution in [-0.4, -0.2) is 54.5 Å². The Morgan fingerprint density at radius 1 is 1.28 bits per heavy atom. The van der Waals surface area contributed by atoms with Gasteiger partial charge in [0.05, 0.1) is 6.61 Å². The van der Waals surface area contributed by atoms with Gasteiger partial charge in [-0.1, -0.05) is 13.3 Å². The number of piperidine rings is 1. The Morgan fingerprint density at radius 2 is 2.04 bits per heavy atom. The number of hydrogen-bond donors (Lipinski definition) is 2. The Bertz CT molecular complexity index is 573. The lowest BCUT2D eigenvalue weighted by Crippen LogP contribution is -2.41. The van der Waals surface area contributed by atoms with Gasteiger partial charge in [0.15, 0.2) is 0 Å². The summed E-state index contributed by atoms with van der Waals surface area (Å²) in [6.45, 7) is 8.02. The average molecular weight is 348 g/mol. The first kappa shape index (κ1) is 19.2. The zero-order valence-electron chi connectivity index (χ0n) is 15.1. The Labute approximate surface area is 149 Å². The summed E-state index contributed by atoms with van der Waals surface area (Å²) in [5.74, 6) is -0.743. The van der Waals surface area contributed by atoms with Gasteiger partial charge < -0.3 is 20.3 Å². The van der Waals surface area contributed by atoms with Gasteiger partial charge in [0.1, 0.15) is 5.69 Å². The van der Waals surface area contributed by atoms with Gasteiger partial charge in [-0.25, -0.2) is 4.98 Å². The van der Waals surface area contributed by atoms with Crippen molar-refractivity contribution < 1.29 is 14.3 Å². The Morgan fingerprint density at radius 3 is 2.76 bits per heavy atom. The van der Waals surface area contributed by atoms with Gasteiger partial charge in [0.2, 0.25) is 5.88 Å². The van der Waals surface area contributed by atoms with Crippen molar-refractivity contribution in [3.05, 3.63) is 18.3 Å². The minimum atomic E-state index is -0.709. The number of likely N-dealkylation sites (tertiary alicyclic amines) is 1. The van der Waals surface area contributed by atoms with E-state index in [-0.39, 0.29) is 0 Å². The Balaban J connectivity index is 1.77. The van der Waals surface area contributed by atoms with Gasteiger partial charge in [-0.15, -0.1) is 0 Å². The molecule has 2 amide bonds. The van der Waals surface area contributed by atoms with Gasteiger partial charge in [0.25, 0.3) is 0 Å². The second kappa shape index (κ2) is 9.98. The molecule has 7 nitrogen and oxygen atoms in total. The maximum Gasteiger partial charge on any atom is 0.313 e. The van der Waals surface area contributed by atoms with Crippen molar-refractivity contribution in [1.82, 2.24) is 15.2 Å². The summed E-state index contributed by atoms with van der Waals surface area (Å²) in [7, 11) is 0. The lowest BCUT2D eigenvalue weighted by molar-refractivity contribution is -0.136. The number of aromatic nitrogens is 1. The monoisotopic (exact) mass is 348 g/mol. The molecule has 0 aromatic carbocycles. The summed E-state index contributed by atoms with van der Waals surface area (Å²) in [5.41, 5.74) is 0.394. The van der Waals surface area contributed by atoms with Crippen molar-refractivity contribution in [2.24, 2.45) is 5.92 Å². The minimum Gasteiger partial charge on any atom is -0.476 e. The van der Waals surface area contributed by atoms with E-state index in [1.54, 1.807) is 18.3 Å². The fourth-order valence-corrected chi connectivity index (χ4v) is 2.91. The van der Waals surface area contributed by atoms with Crippen LogP contribution in [0, 0.1) is 5.92 Å². The van der Waals surface area contributed by atoms with Crippen LogP contribution in [-0.2, 0) is 9.59 Å². The molecule has 1 aliphatic heterocycles. The van der Waals surface area contributed by atoms with Gasteiger partial charge in [-0.3, -0.25) is 9.59 Å². The number of pyridine rings is 1. The number of amides is 2. The second-order valence-corrected chi connectivity index (χ2v) is 6.42. The summed E-state index contributed by atoms with van der Waals surface area (Å²) in [5, 5.41) is 5.26. The minimum absolute atomic E-state index is 0.298. The number of carbonyl (C=O) groups excluding carboxylic acids is 2. The van der Waals surface area contributed by atoms with E-state index in [1.807, 2.05) is 6.92 Å². The highest BCUT2D eigenvalue weighted by molar-refractivity contribution is 6.39. The largest absolute Gasteiger partial charge is 0.476 e. The maximum atomic E-state index is 12.1. The van der Waals surface area contributed by atoms with E-state index in [1.165, 1.54) is 19.3 Å². The lowest BCUT2D eigenvalue weighted by atomic mass is 10.1. The predicted molar refractivity (Wildman–Crippen MR) is 96.5 cm³/mol. The molecule has 7 heteroatoms. The number of nitrogens with zero attached hydrogens (tertiary/aromatic N) is 2. The third-order valence-electron chi connectivity index (χ3n) is 4.14. The van der Waals surface area contributed by atoms with E-state index in [0.29, 0.717) is 30.6 Å². The van der Waals surface area contributed by atoms with E-state index in [9.17, 15) is 9.59 Å². The molecule has 138 valence electrons. The molecule has 0 unspecified atom stereocenters. The zero-order chi connectivity index (χ0) is 18.1. The smallest absolute Gasteiger partial charge is 0.313 e. The van der Waals surface area contributed by atoms with Crippen LogP contribution in [0.5, 0.6) is 5.88 Å². The quantitative estimate of drug-likeness (QED) is 0.732. The van der Waals surface area contributed by atoms with Crippen LogP contribution in [0.2, 0.25) is 0 Å². The molecule has 1 atom stereocenters. The van der Waals surface area contributed by atoms with Crippen molar-refractivity contribution in [2.45, 2.75) is 33.1 Å². The van der Waals surface area contributed by atoms with Crippen molar-refractivity contribution in [3.8, 4) is 5.88 Å². The van der Waals surface area contributed by atoms with E-state index in [2.05, 4.69) is 27.4 Å². The maximum absolute atomic E-state index is 12.1. The third-order valence-corrected chi connectivity index (χ3v) is 4.14. The molecule has 2 N–H and O–H groups in total. The molecule has 0 bridgehead atoms. The molecular weight excluding hydrogens is 320 g/mol. The third kappa shape index (κ3) is 6.34. The zero-order valence-corrected chi connectivity index (χ0v) is 15.1. The van der Waals surface area contributed by atoms with Gasteiger partial charge in [0, 0.05) is 19.3 Å². The molecule has 1 aromatic rings. The number of ether oxygens (including phenoxy) is 1. The number of rotatable bonds is 7. The van der Waals surface area contributed by atoms with Crippen molar-refractivity contribution in [2.75, 3.05) is 38.1 Å². The van der Waals surface area contributed by atoms with Crippen LogP contribution >= 0.6 is 0 Å². The summed E-state index contributed by atoms with van der Waals surface area (Å²) in [6.07, 6.45) is 5.37. The topological polar surface area (TPSA) is 83.6 Å². The standard InChI is InChI=1S/C18H28N4O3/c1-3-25-18-15(8-7-9-19-18)21-17(24)16(23)20-12-14(2)13-22-10-5-4-6-11-22/h7-9,14H,3-6,10-13H2,1-2H3,(H,20,23)(H,21,24)/t14-/m0/s1. The van der Waals surface area contributed by atoms with Crippen molar-refractivity contribution in [3.63, 3.8) is 0 Å². The van der Waals surface area contributed by atoms with Gasteiger partial charge in [-0.2, -0.15) is 0 Å². The van der Waals surface area contributed by atoms with Crippen LogP contribution < -0.4 is 15.4 Å². The number of hydrogen-bond acceptors (Lipinski definition) is 5. The normalized spacial score (nSPS) is 16.1. The average Bonchev–Trinajstić information content (AvgIpc) is 2.62. The highest BCUT2D eigenvalue weighted by atomic mass is 16.5. The fourth-order valence-electron chi connectivity index (χ4n) is 2.91. The Kier molecular flexibility index (Phi) is 7.66.